The number of nitriles is 1. The van der Waals surface area contributed by atoms with E-state index in [4.69, 9.17) is 5.26 Å². The van der Waals surface area contributed by atoms with Crippen molar-refractivity contribution in [3.63, 3.8) is 0 Å². The summed E-state index contributed by atoms with van der Waals surface area (Å²) in [5.74, 6) is 0. The second-order valence-corrected chi connectivity index (χ2v) is 3.14. The Kier molecular flexibility index (Phi) is 2.16. The van der Waals surface area contributed by atoms with Crippen molar-refractivity contribution in [3.05, 3.63) is 41.6 Å². The van der Waals surface area contributed by atoms with E-state index in [0.717, 1.165) is 23.0 Å². The van der Waals surface area contributed by atoms with E-state index in [0.29, 0.717) is 5.56 Å². The van der Waals surface area contributed by atoms with Gasteiger partial charge in [0.2, 0.25) is 0 Å². The van der Waals surface area contributed by atoms with Crippen LogP contribution in [0, 0.1) is 11.3 Å². The molecule has 0 aliphatic rings. The maximum Gasteiger partial charge on any atom is 0.101 e. The van der Waals surface area contributed by atoms with Gasteiger partial charge in [0, 0.05) is 5.39 Å². The number of benzene rings is 1. The van der Waals surface area contributed by atoms with Crippen LogP contribution in [-0.2, 0) is 6.42 Å². The summed E-state index contributed by atoms with van der Waals surface area (Å²) in [4.78, 5) is 4.44. The highest BCUT2D eigenvalue weighted by molar-refractivity contribution is 5.80. The number of pyridine rings is 1. The smallest absolute Gasteiger partial charge is 0.101 e. The number of fused-ring (bicyclic) bond motifs is 1. The van der Waals surface area contributed by atoms with Crippen LogP contribution in [-0.4, -0.2) is 4.98 Å². The van der Waals surface area contributed by atoms with Crippen LogP contribution in [0.1, 0.15) is 18.2 Å². The van der Waals surface area contributed by atoms with Crippen molar-refractivity contribution in [3.8, 4) is 6.07 Å². The molecule has 1 aromatic heterocycles. The molecule has 68 valence electrons. The van der Waals surface area contributed by atoms with Gasteiger partial charge in [0.25, 0.3) is 0 Å². The molecule has 0 saturated carbocycles. The van der Waals surface area contributed by atoms with Gasteiger partial charge in [-0.1, -0.05) is 25.1 Å². The van der Waals surface area contributed by atoms with Crippen molar-refractivity contribution in [2.45, 2.75) is 13.3 Å². The fraction of sp³-hybridized carbons (Fsp3) is 0.167. The SMILES string of the molecule is CCc1nc2ccccc2cc1C#N. The van der Waals surface area contributed by atoms with Crippen molar-refractivity contribution >= 4 is 10.9 Å². The van der Waals surface area contributed by atoms with Crippen molar-refractivity contribution in [1.82, 2.24) is 4.98 Å². The molecule has 1 aromatic carbocycles. The zero-order chi connectivity index (χ0) is 9.97. The highest BCUT2D eigenvalue weighted by Gasteiger charge is 2.03. The minimum absolute atomic E-state index is 0.686. The molecule has 0 spiro atoms. The Bertz CT molecular complexity index is 509. The fourth-order valence-electron chi connectivity index (χ4n) is 1.52. The minimum Gasteiger partial charge on any atom is -0.251 e. The maximum atomic E-state index is 8.92. The third-order valence-electron chi connectivity index (χ3n) is 2.26. The quantitative estimate of drug-likeness (QED) is 0.679. The molecular formula is C12H10N2. The van der Waals surface area contributed by atoms with Crippen molar-refractivity contribution in [1.29, 1.82) is 5.26 Å². The molecule has 14 heavy (non-hydrogen) atoms. The van der Waals surface area contributed by atoms with Gasteiger partial charge in [-0.15, -0.1) is 0 Å². The lowest BCUT2D eigenvalue weighted by molar-refractivity contribution is 1.05. The summed E-state index contributed by atoms with van der Waals surface area (Å²) >= 11 is 0. The first-order valence-electron chi connectivity index (χ1n) is 4.64. The molecule has 1 heterocycles. The zero-order valence-electron chi connectivity index (χ0n) is 7.99. The zero-order valence-corrected chi connectivity index (χ0v) is 7.99. The third-order valence-corrected chi connectivity index (χ3v) is 2.26. The monoisotopic (exact) mass is 182 g/mol. The summed E-state index contributed by atoms with van der Waals surface area (Å²) in [5, 5.41) is 9.95. The molecular weight excluding hydrogens is 172 g/mol. The molecule has 0 unspecified atom stereocenters. The summed E-state index contributed by atoms with van der Waals surface area (Å²) in [6.45, 7) is 2.01. The summed E-state index contributed by atoms with van der Waals surface area (Å²) in [5.41, 5.74) is 2.53. The van der Waals surface area contributed by atoms with Crippen LogP contribution in [0.15, 0.2) is 30.3 Å². The van der Waals surface area contributed by atoms with Gasteiger partial charge >= 0.3 is 0 Å². The van der Waals surface area contributed by atoms with E-state index in [9.17, 15) is 0 Å². The first-order valence-corrected chi connectivity index (χ1v) is 4.64. The number of hydrogen-bond acceptors (Lipinski definition) is 2. The number of aryl methyl sites for hydroxylation is 1. The summed E-state index contributed by atoms with van der Waals surface area (Å²) in [6.07, 6.45) is 0.799. The highest BCUT2D eigenvalue weighted by atomic mass is 14.7. The van der Waals surface area contributed by atoms with Gasteiger partial charge < -0.3 is 0 Å². The second-order valence-electron chi connectivity index (χ2n) is 3.14. The molecule has 2 aromatic rings. The predicted octanol–water partition coefficient (Wildman–Crippen LogP) is 2.67. The summed E-state index contributed by atoms with van der Waals surface area (Å²) < 4.78 is 0. The van der Waals surface area contributed by atoms with E-state index in [1.54, 1.807) is 0 Å². The van der Waals surface area contributed by atoms with Gasteiger partial charge in [-0.3, -0.25) is 4.98 Å². The van der Waals surface area contributed by atoms with Crippen LogP contribution in [0.5, 0.6) is 0 Å². The molecule has 2 rings (SSSR count). The topological polar surface area (TPSA) is 36.7 Å². The molecule has 0 atom stereocenters. The number of nitrogens with zero attached hydrogens (tertiary/aromatic N) is 2. The Labute approximate surface area is 82.8 Å². The molecule has 2 heteroatoms. The summed E-state index contributed by atoms with van der Waals surface area (Å²) in [7, 11) is 0. The first kappa shape index (κ1) is 8.71. The van der Waals surface area contributed by atoms with Gasteiger partial charge in [0.1, 0.15) is 6.07 Å². The van der Waals surface area contributed by atoms with Gasteiger partial charge in [0.15, 0.2) is 0 Å². The fourth-order valence-corrected chi connectivity index (χ4v) is 1.52. The Hall–Kier alpha value is -1.88. The normalized spacial score (nSPS) is 10.0. The number of para-hydroxylation sites is 1. The predicted molar refractivity (Wildman–Crippen MR) is 55.8 cm³/mol. The van der Waals surface area contributed by atoms with Gasteiger partial charge in [-0.2, -0.15) is 5.26 Å². The molecule has 0 radical (unpaired) electrons. The van der Waals surface area contributed by atoms with Gasteiger partial charge in [0.05, 0.1) is 16.8 Å². The molecule has 0 N–H and O–H groups in total. The molecule has 2 nitrogen and oxygen atoms in total. The van der Waals surface area contributed by atoms with Crippen LogP contribution in [0.4, 0.5) is 0 Å². The Morgan fingerprint density at radius 3 is 2.86 bits per heavy atom. The molecule has 0 fully saturated rings. The molecule has 0 aliphatic heterocycles. The average Bonchev–Trinajstić information content (AvgIpc) is 2.27. The van der Waals surface area contributed by atoms with Gasteiger partial charge in [-0.05, 0) is 18.6 Å². The number of hydrogen-bond donors (Lipinski definition) is 0. The number of aromatic nitrogens is 1. The van der Waals surface area contributed by atoms with Crippen LogP contribution in [0.3, 0.4) is 0 Å². The van der Waals surface area contributed by atoms with E-state index in [1.165, 1.54) is 0 Å². The molecule has 0 amide bonds. The van der Waals surface area contributed by atoms with Crippen LogP contribution in [0.2, 0.25) is 0 Å². The first-order chi connectivity index (χ1) is 6.85. The lowest BCUT2D eigenvalue weighted by atomic mass is 10.1. The second kappa shape index (κ2) is 3.47. The lowest BCUT2D eigenvalue weighted by Gasteiger charge is -2.02. The lowest BCUT2D eigenvalue weighted by Crippen LogP contribution is -1.93. The van der Waals surface area contributed by atoms with Crippen LogP contribution >= 0.6 is 0 Å². The van der Waals surface area contributed by atoms with E-state index in [2.05, 4.69) is 11.1 Å². The van der Waals surface area contributed by atoms with E-state index < -0.39 is 0 Å². The van der Waals surface area contributed by atoms with Crippen molar-refractivity contribution in [2.24, 2.45) is 0 Å². The molecule has 0 aliphatic carbocycles. The van der Waals surface area contributed by atoms with Crippen LogP contribution < -0.4 is 0 Å². The van der Waals surface area contributed by atoms with Crippen molar-refractivity contribution < 1.29 is 0 Å². The average molecular weight is 182 g/mol. The largest absolute Gasteiger partial charge is 0.251 e. The van der Waals surface area contributed by atoms with E-state index in [1.807, 2.05) is 37.3 Å². The number of rotatable bonds is 1. The highest BCUT2D eigenvalue weighted by Crippen LogP contribution is 2.16. The Balaban J connectivity index is 2.77. The van der Waals surface area contributed by atoms with Gasteiger partial charge in [-0.25, -0.2) is 0 Å². The minimum atomic E-state index is 0.686. The molecule has 0 bridgehead atoms. The van der Waals surface area contributed by atoms with Crippen LogP contribution in [0.25, 0.3) is 10.9 Å². The standard InChI is InChI=1S/C12H10N2/c1-2-11-10(8-13)7-9-5-3-4-6-12(9)14-11/h3-7H,2H2,1H3. The third kappa shape index (κ3) is 1.33. The summed E-state index contributed by atoms with van der Waals surface area (Å²) in [6, 6.07) is 11.9. The molecule has 0 saturated heterocycles. The Morgan fingerprint density at radius 1 is 1.36 bits per heavy atom. The van der Waals surface area contributed by atoms with Crippen molar-refractivity contribution in [2.75, 3.05) is 0 Å². The van der Waals surface area contributed by atoms with E-state index >= 15 is 0 Å². The maximum absolute atomic E-state index is 8.92. The van der Waals surface area contributed by atoms with E-state index in [-0.39, 0.29) is 0 Å². The Morgan fingerprint density at radius 2 is 2.14 bits per heavy atom.